The average Bonchev–Trinajstić information content (AvgIpc) is 4.02. The predicted molar refractivity (Wildman–Crippen MR) is 202 cm³/mol. The fourth-order valence-corrected chi connectivity index (χ4v) is 9.62. The average molecular weight is 718 g/mol. The van der Waals surface area contributed by atoms with Crippen molar-refractivity contribution in [3.05, 3.63) is 72.6 Å². The van der Waals surface area contributed by atoms with Crippen LogP contribution >= 0.6 is 0 Å². The zero-order chi connectivity index (χ0) is 37.0. The first-order valence-electron chi connectivity index (χ1n) is 19.4. The Kier molecular flexibility index (Phi) is 9.37. The summed E-state index contributed by atoms with van der Waals surface area (Å²) >= 11 is 0. The van der Waals surface area contributed by atoms with Gasteiger partial charge in [-0.3, -0.25) is 9.59 Å². The topological polar surface area (TPSA) is 136 Å². The number of imidazole rings is 2. The highest BCUT2D eigenvalue weighted by atomic mass is 16.5. The molecule has 2 saturated heterocycles. The quantitative estimate of drug-likeness (QED) is 0.154. The Morgan fingerprint density at radius 1 is 0.736 bits per heavy atom. The van der Waals surface area contributed by atoms with Crippen molar-refractivity contribution in [2.75, 3.05) is 7.11 Å². The lowest BCUT2D eigenvalue weighted by atomic mass is 9.95. The number of piperidine rings is 2. The van der Waals surface area contributed by atoms with Crippen LogP contribution in [0, 0.1) is 23.7 Å². The van der Waals surface area contributed by atoms with Crippen molar-refractivity contribution in [1.29, 1.82) is 0 Å². The first kappa shape index (κ1) is 35.1. The molecule has 4 fully saturated rings. The minimum atomic E-state index is -0.665. The van der Waals surface area contributed by atoms with E-state index in [0.717, 1.165) is 83.8 Å². The minimum absolute atomic E-state index is 0.0415. The summed E-state index contributed by atoms with van der Waals surface area (Å²) in [4.78, 5) is 60.0. The number of ether oxygens (including phenoxy) is 1. The SMILES string of the molecule is COC(=O)NC(C(=O)N1C2CCC(C2)C1c1ncc(-c2ccc(-c3ccc(-c4cnc(C5C6CCC(C6)N5C(=O)CC(C)C)[nH]4)cc3)cc2)[nH]1)C(C)C. The van der Waals surface area contributed by atoms with Crippen LogP contribution < -0.4 is 5.32 Å². The van der Waals surface area contributed by atoms with Crippen molar-refractivity contribution in [2.24, 2.45) is 23.7 Å². The lowest BCUT2D eigenvalue weighted by Crippen LogP contribution is -2.54. The van der Waals surface area contributed by atoms with Gasteiger partial charge in [-0.1, -0.05) is 76.2 Å². The normalized spacial score (nSPS) is 25.1. The molecule has 3 amide bonds. The summed E-state index contributed by atoms with van der Waals surface area (Å²) in [6, 6.07) is 16.7. The number of hydrogen-bond acceptors (Lipinski definition) is 6. The van der Waals surface area contributed by atoms with E-state index in [0.29, 0.717) is 30.2 Å². The first-order valence-corrected chi connectivity index (χ1v) is 19.4. The third-order valence-electron chi connectivity index (χ3n) is 12.2. The molecule has 4 aliphatic rings. The van der Waals surface area contributed by atoms with Crippen LogP contribution in [0.2, 0.25) is 0 Å². The van der Waals surface area contributed by atoms with E-state index in [1.165, 1.54) is 7.11 Å². The van der Waals surface area contributed by atoms with Gasteiger partial charge < -0.3 is 29.8 Å². The molecule has 3 N–H and O–H groups in total. The molecule has 11 heteroatoms. The smallest absolute Gasteiger partial charge is 0.407 e. The molecule has 2 aliphatic carbocycles. The molecule has 2 aromatic carbocycles. The van der Waals surface area contributed by atoms with Gasteiger partial charge >= 0.3 is 6.09 Å². The van der Waals surface area contributed by atoms with E-state index < -0.39 is 12.1 Å². The minimum Gasteiger partial charge on any atom is -0.453 e. The van der Waals surface area contributed by atoms with Gasteiger partial charge in [0.2, 0.25) is 11.8 Å². The Hall–Kier alpha value is -4.93. The van der Waals surface area contributed by atoms with Crippen LogP contribution in [0.25, 0.3) is 33.6 Å². The summed E-state index contributed by atoms with van der Waals surface area (Å²) in [7, 11) is 1.31. The van der Waals surface area contributed by atoms with Crippen molar-refractivity contribution in [3.63, 3.8) is 0 Å². The fraction of sp³-hybridized carbons (Fsp3) is 0.500. The summed E-state index contributed by atoms with van der Waals surface area (Å²) in [5, 5.41) is 2.76. The molecule has 2 saturated carbocycles. The first-order chi connectivity index (χ1) is 25.6. The van der Waals surface area contributed by atoms with Gasteiger partial charge in [0, 0.05) is 18.5 Å². The molecule has 53 heavy (non-hydrogen) atoms. The van der Waals surface area contributed by atoms with Gasteiger partial charge in [-0.05, 0) is 84.5 Å². The Bertz CT molecular complexity index is 1960. The number of likely N-dealkylation sites (tertiary alicyclic amines) is 2. The molecule has 0 spiro atoms. The number of hydrogen-bond donors (Lipinski definition) is 3. The van der Waals surface area contributed by atoms with Crippen LogP contribution in [-0.4, -0.2) is 72.9 Å². The Morgan fingerprint density at radius 2 is 1.21 bits per heavy atom. The number of aromatic nitrogens is 4. The number of amides is 3. The molecule has 2 aliphatic heterocycles. The number of methoxy groups -OCH3 is 1. The van der Waals surface area contributed by atoms with E-state index in [9.17, 15) is 14.4 Å². The second-order valence-electron chi connectivity index (χ2n) is 16.4. The Balaban J connectivity index is 0.954. The molecule has 8 rings (SSSR count). The molecule has 278 valence electrons. The highest BCUT2D eigenvalue weighted by Crippen LogP contribution is 2.51. The van der Waals surface area contributed by atoms with E-state index in [1.54, 1.807) is 0 Å². The Labute approximate surface area is 311 Å². The number of fused-ring (bicyclic) bond motifs is 4. The van der Waals surface area contributed by atoms with Crippen molar-refractivity contribution in [2.45, 2.75) is 103 Å². The van der Waals surface area contributed by atoms with Gasteiger partial charge in [0.25, 0.3) is 0 Å². The van der Waals surface area contributed by atoms with E-state index in [2.05, 4.69) is 82.6 Å². The largest absolute Gasteiger partial charge is 0.453 e. The number of aromatic amines is 2. The monoisotopic (exact) mass is 717 g/mol. The summed E-state index contributed by atoms with van der Waals surface area (Å²) in [6.07, 6.45) is 10.1. The highest BCUT2D eigenvalue weighted by molar-refractivity contribution is 5.87. The number of rotatable bonds is 10. The number of H-pyrrole nitrogens is 2. The van der Waals surface area contributed by atoms with Crippen molar-refractivity contribution in [3.8, 4) is 33.6 Å². The third-order valence-corrected chi connectivity index (χ3v) is 12.2. The summed E-state index contributed by atoms with van der Waals surface area (Å²) in [5.74, 6) is 2.93. The number of carbonyl (C=O) groups excluding carboxylic acids is 3. The summed E-state index contributed by atoms with van der Waals surface area (Å²) in [5.41, 5.74) is 6.16. The molecule has 4 heterocycles. The van der Waals surface area contributed by atoms with Crippen LogP contribution in [0.1, 0.15) is 96.4 Å². The second kappa shape index (κ2) is 14.1. The lowest BCUT2D eigenvalue weighted by molar-refractivity contribution is -0.139. The van der Waals surface area contributed by atoms with Gasteiger partial charge in [0.1, 0.15) is 17.7 Å². The fourth-order valence-electron chi connectivity index (χ4n) is 9.62. The highest BCUT2D eigenvalue weighted by Gasteiger charge is 2.52. The van der Waals surface area contributed by atoms with Crippen LogP contribution in [-0.2, 0) is 14.3 Å². The maximum atomic E-state index is 13.9. The summed E-state index contributed by atoms with van der Waals surface area (Å²) in [6.45, 7) is 8.09. The van der Waals surface area contributed by atoms with Crippen LogP contribution in [0.15, 0.2) is 60.9 Å². The molecule has 11 nitrogen and oxygen atoms in total. The number of alkyl carbamates (subject to hydrolysis) is 1. The van der Waals surface area contributed by atoms with Crippen LogP contribution in [0.4, 0.5) is 4.79 Å². The molecule has 4 aromatic rings. The molecule has 0 radical (unpaired) electrons. The summed E-state index contributed by atoms with van der Waals surface area (Å²) < 4.78 is 4.82. The van der Waals surface area contributed by atoms with Gasteiger partial charge in [0.05, 0.1) is 43.0 Å². The molecular formula is C42H51N7O4. The van der Waals surface area contributed by atoms with E-state index in [-0.39, 0.29) is 35.9 Å². The zero-order valence-electron chi connectivity index (χ0n) is 31.3. The van der Waals surface area contributed by atoms with Crippen molar-refractivity contribution < 1.29 is 19.1 Å². The third kappa shape index (κ3) is 6.52. The number of carbonyl (C=O) groups is 3. The molecule has 7 atom stereocenters. The standard InChI is InChI=1S/C42H51N7O4/c1-23(2)18-35(50)48-31-16-14-29(19-31)37(48)39-43-21-33(45-39)27-10-6-25(7-11-27)26-8-12-28(13-9-26)34-22-44-40(46-34)38-30-15-17-32(20-30)49(38)41(51)36(24(3)4)47-42(52)53-5/h6-13,21-24,29-32,36-38H,14-20H2,1-5H3,(H,43,45)(H,44,46)(H,47,52). The van der Waals surface area contributed by atoms with Crippen molar-refractivity contribution >= 4 is 17.9 Å². The Morgan fingerprint density at radius 3 is 1.68 bits per heavy atom. The maximum absolute atomic E-state index is 13.9. The zero-order valence-corrected chi connectivity index (χ0v) is 31.3. The van der Waals surface area contributed by atoms with Crippen LogP contribution in [0.5, 0.6) is 0 Å². The van der Waals surface area contributed by atoms with Crippen LogP contribution in [0.3, 0.4) is 0 Å². The van der Waals surface area contributed by atoms with Gasteiger partial charge in [-0.15, -0.1) is 0 Å². The van der Waals surface area contributed by atoms with E-state index >= 15 is 0 Å². The van der Waals surface area contributed by atoms with Gasteiger partial charge in [-0.25, -0.2) is 14.8 Å². The molecule has 7 unspecified atom stereocenters. The molecule has 4 bridgehead atoms. The van der Waals surface area contributed by atoms with E-state index in [1.807, 2.05) is 31.1 Å². The molecule has 2 aromatic heterocycles. The van der Waals surface area contributed by atoms with Crippen molar-refractivity contribution in [1.82, 2.24) is 35.1 Å². The number of benzene rings is 2. The lowest BCUT2D eigenvalue weighted by Gasteiger charge is -2.37. The van der Waals surface area contributed by atoms with Gasteiger partial charge in [-0.2, -0.15) is 0 Å². The molecular weight excluding hydrogens is 667 g/mol. The number of nitrogens with one attached hydrogen (secondary N) is 3. The predicted octanol–water partition coefficient (Wildman–Crippen LogP) is 7.66. The number of nitrogens with zero attached hydrogens (tertiary/aromatic N) is 4. The maximum Gasteiger partial charge on any atom is 0.407 e. The van der Waals surface area contributed by atoms with E-state index in [4.69, 9.17) is 14.7 Å². The second-order valence-corrected chi connectivity index (χ2v) is 16.4. The van der Waals surface area contributed by atoms with Gasteiger partial charge in [0.15, 0.2) is 0 Å².